The van der Waals surface area contributed by atoms with Crippen LogP contribution in [0.4, 0.5) is 15.8 Å². The average molecular weight is 246 g/mol. The zero-order valence-electron chi connectivity index (χ0n) is 9.86. The van der Waals surface area contributed by atoms with Gasteiger partial charge in [-0.2, -0.15) is 0 Å². The van der Waals surface area contributed by atoms with Gasteiger partial charge in [-0.15, -0.1) is 0 Å². The van der Waals surface area contributed by atoms with Gasteiger partial charge >= 0.3 is 0 Å². The van der Waals surface area contributed by atoms with Gasteiger partial charge in [-0.05, 0) is 47.4 Å². The fourth-order valence-electron chi connectivity index (χ4n) is 2.00. The Labute approximate surface area is 105 Å². The summed E-state index contributed by atoms with van der Waals surface area (Å²) in [5, 5.41) is 9.08. The molecule has 3 nitrogen and oxygen atoms in total. The summed E-state index contributed by atoms with van der Waals surface area (Å²) in [6, 6.07) is 9.57. The summed E-state index contributed by atoms with van der Waals surface area (Å²) in [5.74, 6) is -0.292. The Hall–Kier alpha value is -2.07. The van der Waals surface area contributed by atoms with Gasteiger partial charge in [0, 0.05) is 18.0 Å². The number of rotatable bonds is 3. The number of hydrogen-bond acceptors (Lipinski definition) is 3. The summed E-state index contributed by atoms with van der Waals surface area (Å²) in [6.45, 7) is 0.00229. The van der Waals surface area contributed by atoms with Crippen molar-refractivity contribution in [2.75, 3.05) is 18.1 Å². The number of anilines is 2. The number of aliphatic hydroxyl groups is 1. The first-order valence-corrected chi connectivity index (χ1v) is 5.66. The van der Waals surface area contributed by atoms with Gasteiger partial charge in [0.2, 0.25) is 0 Å². The monoisotopic (exact) mass is 246 g/mol. The molecule has 0 atom stereocenters. The Morgan fingerprint density at radius 1 is 1.06 bits per heavy atom. The first-order chi connectivity index (χ1) is 8.61. The second kappa shape index (κ2) is 5.06. The Morgan fingerprint density at radius 3 is 2.33 bits per heavy atom. The Bertz CT molecular complexity index is 552. The molecule has 0 bridgehead atoms. The van der Waals surface area contributed by atoms with E-state index in [1.807, 2.05) is 0 Å². The van der Waals surface area contributed by atoms with Crippen molar-refractivity contribution in [3.05, 3.63) is 47.8 Å². The standard InChI is InChI=1S/C14H15FN2O/c15-10-3-1-9(2-4-10)13-7-11(16)8-14(17)12(13)5-6-18/h1-4,7-8,18H,5-6,16-17H2. The number of hydrogen-bond donors (Lipinski definition) is 3. The van der Waals surface area contributed by atoms with Gasteiger partial charge in [-0.1, -0.05) is 12.1 Å². The number of benzene rings is 2. The molecule has 0 aliphatic heterocycles. The van der Waals surface area contributed by atoms with E-state index in [0.29, 0.717) is 17.8 Å². The van der Waals surface area contributed by atoms with Crippen molar-refractivity contribution < 1.29 is 9.50 Å². The number of nitrogens with two attached hydrogens (primary N) is 2. The second-order valence-corrected chi connectivity index (χ2v) is 4.12. The van der Waals surface area contributed by atoms with Crippen LogP contribution in [0.25, 0.3) is 11.1 Å². The Kier molecular flexibility index (Phi) is 3.48. The van der Waals surface area contributed by atoms with E-state index in [2.05, 4.69) is 0 Å². The van der Waals surface area contributed by atoms with Crippen LogP contribution >= 0.6 is 0 Å². The second-order valence-electron chi connectivity index (χ2n) is 4.12. The van der Waals surface area contributed by atoms with Crippen molar-refractivity contribution in [2.24, 2.45) is 0 Å². The molecule has 0 amide bonds. The highest BCUT2D eigenvalue weighted by molar-refractivity contribution is 5.77. The van der Waals surface area contributed by atoms with Crippen LogP contribution in [0.1, 0.15) is 5.56 Å². The maximum atomic E-state index is 12.9. The molecule has 94 valence electrons. The Balaban J connectivity index is 2.57. The zero-order valence-corrected chi connectivity index (χ0v) is 9.86. The number of halogens is 1. The fraction of sp³-hybridized carbons (Fsp3) is 0.143. The molecular formula is C14H15FN2O. The normalized spacial score (nSPS) is 10.6. The Morgan fingerprint density at radius 2 is 1.72 bits per heavy atom. The van der Waals surface area contributed by atoms with Gasteiger partial charge in [-0.3, -0.25) is 0 Å². The zero-order chi connectivity index (χ0) is 13.1. The highest BCUT2D eigenvalue weighted by Crippen LogP contribution is 2.31. The minimum atomic E-state index is -0.292. The van der Waals surface area contributed by atoms with Crippen molar-refractivity contribution >= 4 is 11.4 Å². The van der Waals surface area contributed by atoms with E-state index in [1.54, 1.807) is 24.3 Å². The van der Waals surface area contributed by atoms with E-state index in [9.17, 15) is 4.39 Å². The van der Waals surface area contributed by atoms with Crippen molar-refractivity contribution in [3.8, 4) is 11.1 Å². The predicted octanol–water partition coefficient (Wildman–Crippen LogP) is 2.19. The van der Waals surface area contributed by atoms with Crippen LogP contribution in [0, 0.1) is 5.82 Å². The van der Waals surface area contributed by atoms with E-state index >= 15 is 0 Å². The molecule has 18 heavy (non-hydrogen) atoms. The molecule has 0 saturated carbocycles. The van der Waals surface area contributed by atoms with Gasteiger partial charge in [0.1, 0.15) is 5.82 Å². The molecule has 0 spiro atoms. The summed E-state index contributed by atoms with van der Waals surface area (Å²) in [5.41, 5.74) is 15.3. The number of nitrogen functional groups attached to an aromatic ring is 2. The predicted molar refractivity (Wildman–Crippen MR) is 71.5 cm³/mol. The third-order valence-corrected chi connectivity index (χ3v) is 2.82. The molecule has 2 aromatic rings. The van der Waals surface area contributed by atoms with Gasteiger partial charge in [0.05, 0.1) is 0 Å². The first-order valence-electron chi connectivity index (χ1n) is 5.66. The van der Waals surface area contributed by atoms with Crippen LogP contribution in [-0.2, 0) is 6.42 Å². The fourth-order valence-corrected chi connectivity index (χ4v) is 2.00. The molecule has 2 rings (SSSR count). The summed E-state index contributed by atoms with van der Waals surface area (Å²) >= 11 is 0. The summed E-state index contributed by atoms with van der Waals surface area (Å²) in [7, 11) is 0. The molecule has 0 heterocycles. The van der Waals surface area contributed by atoms with Gasteiger partial charge in [-0.25, -0.2) is 4.39 Å². The van der Waals surface area contributed by atoms with Crippen molar-refractivity contribution in [1.82, 2.24) is 0 Å². The molecule has 0 aliphatic rings. The van der Waals surface area contributed by atoms with E-state index < -0.39 is 0 Å². The van der Waals surface area contributed by atoms with Gasteiger partial charge < -0.3 is 16.6 Å². The van der Waals surface area contributed by atoms with Crippen LogP contribution in [0.3, 0.4) is 0 Å². The summed E-state index contributed by atoms with van der Waals surface area (Å²) < 4.78 is 12.9. The molecule has 5 N–H and O–H groups in total. The quantitative estimate of drug-likeness (QED) is 0.727. The molecule has 0 aromatic heterocycles. The topological polar surface area (TPSA) is 72.3 Å². The SMILES string of the molecule is Nc1cc(N)c(CCO)c(-c2ccc(F)cc2)c1. The highest BCUT2D eigenvalue weighted by atomic mass is 19.1. The van der Waals surface area contributed by atoms with Gasteiger partial charge in [0.25, 0.3) is 0 Å². The van der Waals surface area contributed by atoms with Gasteiger partial charge in [0.15, 0.2) is 0 Å². The lowest BCUT2D eigenvalue weighted by Crippen LogP contribution is -2.02. The highest BCUT2D eigenvalue weighted by Gasteiger charge is 2.10. The minimum Gasteiger partial charge on any atom is -0.399 e. The molecule has 0 fully saturated rings. The van der Waals surface area contributed by atoms with E-state index in [0.717, 1.165) is 16.7 Å². The average Bonchev–Trinajstić information content (AvgIpc) is 2.33. The largest absolute Gasteiger partial charge is 0.399 e. The van der Waals surface area contributed by atoms with Crippen LogP contribution in [-0.4, -0.2) is 11.7 Å². The molecule has 0 saturated heterocycles. The maximum Gasteiger partial charge on any atom is 0.123 e. The lowest BCUT2D eigenvalue weighted by Gasteiger charge is -2.13. The third kappa shape index (κ3) is 2.43. The van der Waals surface area contributed by atoms with E-state index in [4.69, 9.17) is 16.6 Å². The number of aliphatic hydroxyl groups excluding tert-OH is 1. The third-order valence-electron chi connectivity index (χ3n) is 2.82. The van der Waals surface area contributed by atoms with Crippen LogP contribution in [0.5, 0.6) is 0 Å². The molecule has 2 aromatic carbocycles. The van der Waals surface area contributed by atoms with Crippen molar-refractivity contribution in [1.29, 1.82) is 0 Å². The van der Waals surface area contributed by atoms with Crippen LogP contribution in [0.2, 0.25) is 0 Å². The molecule has 0 unspecified atom stereocenters. The lowest BCUT2D eigenvalue weighted by atomic mass is 9.95. The van der Waals surface area contributed by atoms with E-state index in [-0.39, 0.29) is 12.4 Å². The lowest BCUT2D eigenvalue weighted by molar-refractivity contribution is 0.300. The molecular weight excluding hydrogens is 231 g/mol. The summed E-state index contributed by atoms with van der Waals surface area (Å²) in [4.78, 5) is 0. The molecule has 4 heteroatoms. The summed E-state index contributed by atoms with van der Waals surface area (Å²) in [6.07, 6.45) is 0.443. The smallest absolute Gasteiger partial charge is 0.123 e. The first kappa shape index (κ1) is 12.4. The molecule has 0 aliphatic carbocycles. The van der Waals surface area contributed by atoms with Crippen molar-refractivity contribution in [2.45, 2.75) is 6.42 Å². The maximum absolute atomic E-state index is 12.9. The van der Waals surface area contributed by atoms with Crippen LogP contribution < -0.4 is 11.5 Å². The van der Waals surface area contributed by atoms with Crippen molar-refractivity contribution in [3.63, 3.8) is 0 Å². The molecule has 0 radical (unpaired) electrons. The van der Waals surface area contributed by atoms with E-state index in [1.165, 1.54) is 12.1 Å². The van der Waals surface area contributed by atoms with Crippen LogP contribution in [0.15, 0.2) is 36.4 Å². The minimum absolute atomic E-state index is 0.00229.